The van der Waals surface area contributed by atoms with E-state index in [0.29, 0.717) is 0 Å². The molecule has 0 unspecified atom stereocenters. The third-order valence-electron chi connectivity index (χ3n) is 0.784. The summed E-state index contributed by atoms with van der Waals surface area (Å²) in [5.41, 5.74) is 4.93. The highest BCUT2D eigenvalue weighted by Gasteiger charge is 2.03. The van der Waals surface area contributed by atoms with Crippen molar-refractivity contribution in [2.24, 2.45) is 5.73 Å². The number of hydrogen-bond donors (Lipinski definition) is 5. The van der Waals surface area contributed by atoms with E-state index in [2.05, 4.69) is 0 Å². The van der Waals surface area contributed by atoms with Crippen molar-refractivity contribution in [2.45, 2.75) is 0 Å². The molecule has 7 heteroatoms. The predicted molar refractivity (Wildman–Crippen MR) is 37.4 cm³/mol. The van der Waals surface area contributed by atoms with Gasteiger partial charge in [0.2, 0.25) is 0 Å². The van der Waals surface area contributed by atoms with Gasteiger partial charge in [0, 0.05) is 7.05 Å². The Kier molecular flexibility index (Phi) is 7.61. The van der Waals surface area contributed by atoms with Gasteiger partial charge in [0.1, 0.15) is 6.54 Å². The van der Waals surface area contributed by atoms with Crippen molar-refractivity contribution >= 4 is 11.9 Å². The van der Waals surface area contributed by atoms with Gasteiger partial charge in [-0.2, -0.15) is 0 Å². The average molecular weight is 165 g/mol. The van der Waals surface area contributed by atoms with Crippen LogP contribution in [-0.4, -0.2) is 46.0 Å². The maximum atomic E-state index is 9.92. The van der Waals surface area contributed by atoms with Gasteiger partial charge in [-0.15, -0.1) is 0 Å². The van der Waals surface area contributed by atoms with Crippen molar-refractivity contribution in [3.05, 3.63) is 0 Å². The minimum atomic E-state index is -0.993. The molecule has 66 valence electrons. The van der Waals surface area contributed by atoms with E-state index in [1.807, 2.05) is 0 Å². The zero-order valence-electron chi connectivity index (χ0n) is 5.98. The van der Waals surface area contributed by atoms with E-state index in [4.69, 9.17) is 26.8 Å². The van der Waals surface area contributed by atoms with Crippen LogP contribution in [0.5, 0.6) is 0 Å². The van der Waals surface area contributed by atoms with Crippen molar-refractivity contribution < 1.29 is 20.4 Å². The third-order valence-corrected chi connectivity index (χ3v) is 0.784. The lowest BCUT2D eigenvalue weighted by Crippen LogP contribution is -2.36. The number of nitrogens with two attached hydrogens (primary N) is 1. The lowest BCUT2D eigenvalue weighted by atomic mass is 10.6. The molecule has 0 aromatic rings. The number of hydrogen-bond acceptors (Lipinski definition) is 4. The van der Waals surface area contributed by atoms with Crippen molar-refractivity contribution in [1.29, 1.82) is 5.41 Å². The van der Waals surface area contributed by atoms with Gasteiger partial charge in [-0.05, 0) is 0 Å². The first-order valence-electron chi connectivity index (χ1n) is 2.51. The molecule has 0 aliphatic carbocycles. The quantitative estimate of drug-likeness (QED) is 0.153. The van der Waals surface area contributed by atoms with Gasteiger partial charge >= 0.3 is 5.97 Å². The highest BCUT2D eigenvalue weighted by atomic mass is 17.0. The molecule has 0 radical (unpaired) electrons. The first kappa shape index (κ1) is 12.3. The molecule has 7 nitrogen and oxygen atoms in total. The number of carbonyl (C=O) groups is 1. The summed E-state index contributed by atoms with van der Waals surface area (Å²) in [5.74, 6) is -1.23. The molecule has 0 rings (SSSR count). The van der Waals surface area contributed by atoms with E-state index in [0.717, 1.165) is 4.90 Å². The van der Waals surface area contributed by atoms with Crippen molar-refractivity contribution in [2.75, 3.05) is 13.6 Å². The van der Waals surface area contributed by atoms with Crippen LogP contribution in [0, 0.1) is 5.41 Å². The number of nitrogens with one attached hydrogen (secondary N) is 1. The summed E-state index contributed by atoms with van der Waals surface area (Å²) in [4.78, 5) is 11.0. The second kappa shape index (κ2) is 6.78. The number of aliphatic carboxylic acids is 1. The Morgan fingerprint density at radius 2 is 2.00 bits per heavy atom. The topological polar surface area (TPSA) is 131 Å². The molecule has 6 N–H and O–H groups in total. The first-order valence-corrected chi connectivity index (χ1v) is 2.51. The van der Waals surface area contributed by atoms with E-state index < -0.39 is 5.97 Å². The van der Waals surface area contributed by atoms with Crippen LogP contribution < -0.4 is 5.73 Å². The molecule has 0 spiro atoms. The molecule has 0 aromatic heterocycles. The molecular formula is C4H11N3O4. The van der Waals surface area contributed by atoms with Crippen LogP contribution in [-0.2, 0) is 4.79 Å². The van der Waals surface area contributed by atoms with Crippen LogP contribution in [0.3, 0.4) is 0 Å². The Bertz CT molecular complexity index is 137. The van der Waals surface area contributed by atoms with Crippen LogP contribution in [0.2, 0.25) is 0 Å². The molecule has 0 aliphatic rings. The fourth-order valence-electron chi connectivity index (χ4n) is 0.288. The average Bonchev–Trinajstić information content (AvgIpc) is 1.90. The van der Waals surface area contributed by atoms with Gasteiger partial charge in [0.15, 0.2) is 5.96 Å². The molecule has 0 heterocycles. The molecule has 0 bridgehead atoms. The summed E-state index contributed by atoms with van der Waals surface area (Å²) in [7, 11) is 1.44. The van der Waals surface area contributed by atoms with Gasteiger partial charge in [-0.3, -0.25) is 20.7 Å². The lowest BCUT2D eigenvalue weighted by molar-refractivity contribution is -0.176. The molecule has 11 heavy (non-hydrogen) atoms. The van der Waals surface area contributed by atoms with Gasteiger partial charge in [0.25, 0.3) is 0 Å². The SMILES string of the molecule is CN(CC(=O)O)C(=N)N.OO. The molecule has 0 saturated heterocycles. The van der Waals surface area contributed by atoms with Gasteiger partial charge < -0.3 is 15.7 Å². The van der Waals surface area contributed by atoms with Crippen molar-refractivity contribution in [3.8, 4) is 0 Å². The summed E-state index contributed by atoms with van der Waals surface area (Å²) < 4.78 is 0. The highest BCUT2D eigenvalue weighted by molar-refractivity contribution is 5.79. The summed E-state index contributed by atoms with van der Waals surface area (Å²) in [5, 5.41) is 26.9. The minimum absolute atomic E-state index is 0.227. The Labute approximate surface area is 63.1 Å². The maximum absolute atomic E-state index is 9.92. The van der Waals surface area contributed by atoms with E-state index in [1.54, 1.807) is 0 Å². The predicted octanol–water partition coefficient (Wildman–Crippen LogP) is -1.09. The van der Waals surface area contributed by atoms with Crippen LogP contribution in [0.4, 0.5) is 0 Å². The van der Waals surface area contributed by atoms with E-state index in [9.17, 15) is 4.79 Å². The number of rotatable bonds is 2. The van der Waals surface area contributed by atoms with Crippen molar-refractivity contribution in [3.63, 3.8) is 0 Å². The number of carboxylic acid groups (broad SMARTS) is 1. The molecule has 0 aromatic carbocycles. The van der Waals surface area contributed by atoms with Gasteiger partial charge in [-0.25, -0.2) is 0 Å². The van der Waals surface area contributed by atoms with E-state index in [-0.39, 0.29) is 12.5 Å². The largest absolute Gasteiger partial charge is 0.480 e. The van der Waals surface area contributed by atoms with Crippen LogP contribution in [0.25, 0.3) is 0 Å². The summed E-state index contributed by atoms with van der Waals surface area (Å²) in [6, 6.07) is 0. The zero-order valence-corrected chi connectivity index (χ0v) is 5.98. The molecule has 0 fully saturated rings. The fourth-order valence-corrected chi connectivity index (χ4v) is 0.288. The molecule has 0 amide bonds. The Balaban J connectivity index is 0. The van der Waals surface area contributed by atoms with E-state index >= 15 is 0 Å². The monoisotopic (exact) mass is 165 g/mol. The van der Waals surface area contributed by atoms with Crippen molar-refractivity contribution in [1.82, 2.24) is 4.90 Å². The van der Waals surface area contributed by atoms with Crippen LogP contribution >= 0.6 is 0 Å². The normalized spacial score (nSPS) is 7.55. The molecule has 0 aliphatic heterocycles. The smallest absolute Gasteiger partial charge is 0.323 e. The van der Waals surface area contributed by atoms with Gasteiger partial charge in [0.05, 0.1) is 0 Å². The number of likely N-dealkylation sites (N-methyl/N-ethyl adjacent to an activating group) is 1. The maximum Gasteiger partial charge on any atom is 0.323 e. The fraction of sp³-hybridized carbons (Fsp3) is 0.500. The number of guanidine groups is 1. The standard InChI is InChI=1S/C4H9N3O2.H2O2/c1-7(4(5)6)2-3(8)9;1-2/h2H2,1H3,(H3,5,6)(H,8,9);1-2H. The second-order valence-electron chi connectivity index (χ2n) is 1.64. The summed E-state index contributed by atoms with van der Waals surface area (Å²) >= 11 is 0. The third kappa shape index (κ3) is 8.66. The summed E-state index contributed by atoms with van der Waals surface area (Å²) in [6.07, 6.45) is 0. The molecule has 0 saturated carbocycles. The Hall–Kier alpha value is -1.34. The van der Waals surface area contributed by atoms with E-state index in [1.165, 1.54) is 7.05 Å². The number of nitrogens with zero attached hydrogens (tertiary/aromatic N) is 1. The number of carboxylic acids is 1. The molecular weight excluding hydrogens is 154 g/mol. The highest BCUT2D eigenvalue weighted by Crippen LogP contribution is 1.76. The van der Waals surface area contributed by atoms with Crippen LogP contribution in [0.1, 0.15) is 0 Å². The second-order valence-corrected chi connectivity index (χ2v) is 1.64. The Morgan fingerprint density at radius 1 is 1.64 bits per heavy atom. The Morgan fingerprint density at radius 3 is 2.09 bits per heavy atom. The minimum Gasteiger partial charge on any atom is -0.480 e. The van der Waals surface area contributed by atoms with Crippen LogP contribution in [0.15, 0.2) is 0 Å². The first-order chi connectivity index (χ1) is 5.04. The molecule has 0 atom stereocenters. The zero-order chi connectivity index (χ0) is 9.44. The lowest BCUT2D eigenvalue weighted by Gasteiger charge is -2.12. The van der Waals surface area contributed by atoms with Gasteiger partial charge in [-0.1, -0.05) is 0 Å². The summed E-state index contributed by atoms with van der Waals surface area (Å²) in [6.45, 7) is -0.227.